The second-order valence-electron chi connectivity index (χ2n) is 8.31. The van der Waals surface area contributed by atoms with Gasteiger partial charge in [-0.1, -0.05) is 49.0 Å². The van der Waals surface area contributed by atoms with Gasteiger partial charge in [-0.2, -0.15) is 0 Å². The first kappa shape index (κ1) is 23.1. The molecule has 0 unspecified atom stereocenters. The third-order valence-corrected chi connectivity index (χ3v) is 6.79. The van der Waals surface area contributed by atoms with Crippen molar-refractivity contribution in [2.45, 2.75) is 32.3 Å². The van der Waals surface area contributed by atoms with Crippen LogP contribution < -0.4 is 15.1 Å². The van der Waals surface area contributed by atoms with E-state index in [4.69, 9.17) is 4.98 Å². The quantitative estimate of drug-likeness (QED) is 0.406. The minimum Gasteiger partial charge on any atom is -0.368 e. The van der Waals surface area contributed by atoms with Crippen molar-refractivity contribution in [3.05, 3.63) is 71.4 Å². The van der Waals surface area contributed by atoms with Crippen molar-refractivity contribution in [1.82, 2.24) is 9.97 Å². The molecule has 0 atom stereocenters. The molecular weight excluding hydrogens is 430 g/mol. The normalized spacial score (nSPS) is 13.8. The molecule has 1 saturated heterocycles. The highest BCUT2D eigenvalue weighted by Crippen LogP contribution is 2.25. The van der Waals surface area contributed by atoms with E-state index in [1.54, 1.807) is 6.20 Å². The number of hydrogen-bond donors (Lipinski definition) is 1. The van der Waals surface area contributed by atoms with Crippen LogP contribution in [0, 0.1) is 13.8 Å². The number of amides is 1. The van der Waals surface area contributed by atoms with Gasteiger partial charge in [0.2, 0.25) is 5.91 Å². The summed E-state index contributed by atoms with van der Waals surface area (Å²) in [5.41, 5.74) is 5.94. The van der Waals surface area contributed by atoms with Crippen LogP contribution in [-0.2, 0) is 11.2 Å². The smallest absolute Gasteiger partial charge is 0.234 e. The van der Waals surface area contributed by atoms with Crippen LogP contribution >= 0.6 is 11.8 Å². The van der Waals surface area contributed by atoms with E-state index >= 15 is 0 Å². The fourth-order valence-corrected chi connectivity index (χ4v) is 4.71. The second-order valence-corrected chi connectivity index (χ2v) is 9.25. The Balaban J connectivity index is 1.33. The van der Waals surface area contributed by atoms with E-state index in [0.29, 0.717) is 5.16 Å². The Kier molecular flexibility index (Phi) is 7.50. The zero-order valence-electron chi connectivity index (χ0n) is 19.5. The van der Waals surface area contributed by atoms with Crippen molar-refractivity contribution in [1.29, 1.82) is 0 Å². The average Bonchev–Trinajstić information content (AvgIpc) is 2.85. The number of benzene rings is 2. The molecule has 1 N–H and O–H groups in total. The highest BCUT2D eigenvalue weighted by molar-refractivity contribution is 7.99. The Bertz CT molecular complexity index is 1110. The second kappa shape index (κ2) is 10.7. The molecule has 0 aliphatic carbocycles. The van der Waals surface area contributed by atoms with Gasteiger partial charge in [0.05, 0.1) is 5.75 Å². The molecular formula is C26H31N5OS. The Labute approximate surface area is 200 Å². The van der Waals surface area contributed by atoms with Crippen molar-refractivity contribution < 1.29 is 4.79 Å². The maximum atomic E-state index is 12.5. The standard InChI is InChI=1S/C26H31N5OS/c1-4-21-7-5-6-8-22(21)28-25(32)18-33-26-27-12-11-24(29-26)31-15-13-30(14-16-31)23-17-19(2)9-10-20(23)3/h5-12,17H,4,13-16,18H2,1-3H3,(H,28,32). The summed E-state index contributed by atoms with van der Waals surface area (Å²) in [5.74, 6) is 1.16. The third-order valence-electron chi connectivity index (χ3n) is 5.93. The maximum absolute atomic E-state index is 12.5. The molecule has 0 radical (unpaired) electrons. The molecule has 1 aromatic heterocycles. The highest BCUT2D eigenvalue weighted by atomic mass is 32.2. The number of carbonyl (C=O) groups is 1. The van der Waals surface area contributed by atoms with Gasteiger partial charge in [-0.05, 0) is 55.2 Å². The van der Waals surface area contributed by atoms with Crippen LogP contribution in [-0.4, -0.2) is 47.8 Å². The molecule has 3 aromatic rings. The number of aryl methyl sites for hydroxylation is 3. The molecule has 4 rings (SSSR count). The van der Waals surface area contributed by atoms with Gasteiger partial charge >= 0.3 is 0 Å². The number of para-hydroxylation sites is 1. The van der Waals surface area contributed by atoms with Crippen LogP contribution in [0.2, 0.25) is 0 Å². The first-order valence-corrected chi connectivity index (χ1v) is 12.4. The molecule has 6 nitrogen and oxygen atoms in total. The van der Waals surface area contributed by atoms with Crippen molar-refractivity contribution in [2.24, 2.45) is 0 Å². The monoisotopic (exact) mass is 461 g/mol. The largest absolute Gasteiger partial charge is 0.368 e. The number of hydrogen-bond acceptors (Lipinski definition) is 6. The number of carbonyl (C=O) groups excluding carboxylic acids is 1. The first-order chi connectivity index (χ1) is 16.0. The van der Waals surface area contributed by atoms with Gasteiger partial charge in [0.15, 0.2) is 5.16 Å². The van der Waals surface area contributed by atoms with Gasteiger partial charge in [-0.15, -0.1) is 0 Å². The molecule has 172 valence electrons. The predicted octanol–water partition coefficient (Wildman–Crippen LogP) is 4.71. The lowest BCUT2D eigenvalue weighted by Gasteiger charge is -2.37. The summed E-state index contributed by atoms with van der Waals surface area (Å²) < 4.78 is 0. The van der Waals surface area contributed by atoms with Crippen LogP contribution in [0.15, 0.2) is 59.9 Å². The molecule has 1 amide bonds. The minimum atomic E-state index is -0.0444. The topological polar surface area (TPSA) is 61.4 Å². The summed E-state index contributed by atoms with van der Waals surface area (Å²) in [5, 5.41) is 3.64. The molecule has 7 heteroatoms. The summed E-state index contributed by atoms with van der Waals surface area (Å²) in [6, 6.07) is 16.5. The van der Waals surface area contributed by atoms with Crippen LogP contribution in [0.4, 0.5) is 17.2 Å². The molecule has 1 aliphatic heterocycles. The van der Waals surface area contributed by atoms with Gasteiger partial charge in [-0.25, -0.2) is 9.97 Å². The van der Waals surface area contributed by atoms with Gasteiger partial charge < -0.3 is 15.1 Å². The van der Waals surface area contributed by atoms with Crippen LogP contribution in [0.5, 0.6) is 0 Å². The van der Waals surface area contributed by atoms with E-state index in [9.17, 15) is 4.79 Å². The van der Waals surface area contributed by atoms with E-state index in [-0.39, 0.29) is 11.7 Å². The van der Waals surface area contributed by atoms with Crippen LogP contribution in [0.25, 0.3) is 0 Å². The van der Waals surface area contributed by atoms with Crippen molar-refractivity contribution in [3.8, 4) is 0 Å². The summed E-state index contributed by atoms with van der Waals surface area (Å²) in [7, 11) is 0. The minimum absolute atomic E-state index is 0.0444. The predicted molar refractivity (Wildman–Crippen MR) is 138 cm³/mol. The SMILES string of the molecule is CCc1ccccc1NC(=O)CSc1nccc(N2CCN(c3cc(C)ccc3C)CC2)n1. The van der Waals surface area contributed by atoms with E-state index in [1.807, 2.05) is 30.3 Å². The lowest BCUT2D eigenvalue weighted by molar-refractivity contribution is -0.113. The van der Waals surface area contributed by atoms with Crippen molar-refractivity contribution >= 4 is 34.9 Å². The molecule has 0 spiro atoms. The Hall–Kier alpha value is -3.06. The Morgan fingerprint density at radius 3 is 2.58 bits per heavy atom. The number of nitrogens with zero attached hydrogens (tertiary/aromatic N) is 4. The van der Waals surface area contributed by atoms with Gasteiger partial charge in [-0.3, -0.25) is 4.79 Å². The van der Waals surface area contributed by atoms with E-state index in [0.717, 1.165) is 49.7 Å². The Morgan fingerprint density at radius 2 is 1.79 bits per heavy atom. The molecule has 1 aliphatic rings. The summed E-state index contributed by atoms with van der Waals surface area (Å²) in [6.45, 7) is 10.1. The van der Waals surface area contributed by atoms with Crippen LogP contribution in [0.3, 0.4) is 0 Å². The zero-order chi connectivity index (χ0) is 23.2. The molecule has 2 aromatic carbocycles. The van der Waals surface area contributed by atoms with E-state index in [2.05, 4.69) is 59.1 Å². The van der Waals surface area contributed by atoms with Gasteiger partial charge in [0, 0.05) is 43.8 Å². The Morgan fingerprint density at radius 1 is 1.03 bits per heavy atom. The number of piperazine rings is 1. The lowest BCUT2D eigenvalue weighted by atomic mass is 10.1. The van der Waals surface area contributed by atoms with E-state index in [1.165, 1.54) is 28.6 Å². The molecule has 0 bridgehead atoms. The fourth-order valence-electron chi connectivity index (χ4n) is 4.08. The van der Waals surface area contributed by atoms with Gasteiger partial charge in [0.1, 0.15) is 5.82 Å². The van der Waals surface area contributed by atoms with Gasteiger partial charge in [0.25, 0.3) is 0 Å². The summed E-state index contributed by atoms with van der Waals surface area (Å²) in [6.07, 6.45) is 2.66. The van der Waals surface area contributed by atoms with Crippen molar-refractivity contribution in [3.63, 3.8) is 0 Å². The number of aromatic nitrogens is 2. The highest BCUT2D eigenvalue weighted by Gasteiger charge is 2.20. The van der Waals surface area contributed by atoms with Crippen molar-refractivity contribution in [2.75, 3.05) is 47.0 Å². The molecule has 33 heavy (non-hydrogen) atoms. The molecule has 0 saturated carbocycles. The lowest BCUT2D eigenvalue weighted by Crippen LogP contribution is -2.47. The number of thioether (sulfide) groups is 1. The summed E-state index contributed by atoms with van der Waals surface area (Å²) >= 11 is 1.37. The number of rotatable bonds is 7. The maximum Gasteiger partial charge on any atom is 0.234 e. The first-order valence-electron chi connectivity index (χ1n) is 11.4. The zero-order valence-corrected chi connectivity index (χ0v) is 20.4. The molecule has 2 heterocycles. The van der Waals surface area contributed by atoms with E-state index < -0.39 is 0 Å². The average molecular weight is 462 g/mol. The fraction of sp³-hybridized carbons (Fsp3) is 0.346. The number of anilines is 3. The molecule has 1 fully saturated rings. The van der Waals surface area contributed by atoms with Crippen LogP contribution in [0.1, 0.15) is 23.6 Å². The number of nitrogens with one attached hydrogen (secondary N) is 1. The third kappa shape index (κ3) is 5.85. The summed E-state index contributed by atoms with van der Waals surface area (Å²) in [4.78, 5) is 26.3.